The average molecular weight is 128 g/mol. The Labute approximate surface area is 59.9 Å². The van der Waals surface area contributed by atoms with Gasteiger partial charge in [-0.3, -0.25) is 0 Å². The van der Waals surface area contributed by atoms with Gasteiger partial charge in [0.2, 0.25) is 0 Å². The van der Waals surface area contributed by atoms with E-state index in [1.807, 2.05) is 28.8 Å². The highest BCUT2D eigenvalue weighted by Gasteiger charge is 1.91. The van der Waals surface area contributed by atoms with Crippen LogP contribution in [0.15, 0.2) is 30.6 Å². The lowest BCUT2D eigenvalue weighted by Gasteiger charge is -1.86. The zero-order valence-corrected chi connectivity index (χ0v) is 5.36. The standard InChI is InChI=1S/C7H5BN2/c8-6-5-10-4-2-1-3-7(10)9-6/h1-5H. The lowest BCUT2D eigenvalue weighted by Crippen LogP contribution is -1.99. The summed E-state index contributed by atoms with van der Waals surface area (Å²) in [6.07, 6.45) is 3.70. The molecular formula is C7H5BN2. The number of aromatic nitrogens is 2. The molecule has 0 aliphatic heterocycles. The summed E-state index contributed by atoms with van der Waals surface area (Å²) in [5.74, 6) is 0. The fraction of sp³-hybridized carbons (Fsp3) is 0. The second-order valence-corrected chi connectivity index (χ2v) is 2.13. The summed E-state index contributed by atoms with van der Waals surface area (Å²) in [5, 5.41) is 0. The number of hydrogen-bond donors (Lipinski definition) is 0. The van der Waals surface area contributed by atoms with Crippen molar-refractivity contribution < 1.29 is 0 Å². The van der Waals surface area contributed by atoms with E-state index in [4.69, 9.17) is 7.85 Å². The highest BCUT2D eigenvalue weighted by atomic mass is 15.0. The van der Waals surface area contributed by atoms with Crippen molar-refractivity contribution in [2.24, 2.45) is 0 Å². The molecule has 0 atom stereocenters. The molecule has 0 aromatic carbocycles. The Balaban J connectivity index is 2.88. The van der Waals surface area contributed by atoms with Gasteiger partial charge in [0.15, 0.2) is 0 Å². The summed E-state index contributed by atoms with van der Waals surface area (Å²) in [4.78, 5) is 4.05. The van der Waals surface area contributed by atoms with Crippen LogP contribution < -0.4 is 5.59 Å². The summed E-state index contributed by atoms with van der Waals surface area (Å²) in [6, 6.07) is 5.78. The molecule has 0 saturated carbocycles. The van der Waals surface area contributed by atoms with Crippen LogP contribution in [0.5, 0.6) is 0 Å². The molecule has 0 N–H and O–H groups in total. The van der Waals surface area contributed by atoms with Crippen LogP contribution in [0.2, 0.25) is 0 Å². The smallest absolute Gasteiger partial charge is 0.143 e. The molecule has 2 aromatic rings. The second-order valence-electron chi connectivity index (χ2n) is 2.13. The Kier molecular flexibility index (Phi) is 1.03. The maximum atomic E-state index is 5.46. The quantitative estimate of drug-likeness (QED) is 0.461. The maximum absolute atomic E-state index is 5.46. The van der Waals surface area contributed by atoms with E-state index in [0.29, 0.717) is 5.59 Å². The fourth-order valence-corrected chi connectivity index (χ4v) is 0.954. The first-order valence-electron chi connectivity index (χ1n) is 3.05. The summed E-state index contributed by atoms with van der Waals surface area (Å²) < 4.78 is 1.88. The van der Waals surface area contributed by atoms with Crippen LogP contribution in [0.25, 0.3) is 5.65 Å². The second kappa shape index (κ2) is 1.87. The van der Waals surface area contributed by atoms with Gasteiger partial charge in [0, 0.05) is 18.0 Å². The Morgan fingerprint density at radius 2 is 2.30 bits per heavy atom. The van der Waals surface area contributed by atoms with Gasteiger partial charge in [0.25, 0.3) is 0 Å². The first-order chi connectivity index (χ1) is 4.86. The van der Waals surface area contributed by atoms with Crippen LogP contribution in [-0.2, 0) is 0 Å². The lowest BCUT2D eigenvalue weighted by molar-refractivity contribution is 1.19. The van der Waals surface area contributed by atoms with Gasteiger partial charge in [-0.1, -0.05) is 6.07 Å². The van der Waals surface area contributed by atoms with E-state index in [2.05, 4.69) is 4.98 Å². The molecule has 0 saturated heterocycles. The van der Waals surface area contributed by atoms with Crippen LogP contribution in [0.4, 0.5) is 0 Å². The molecule has 46 valence electrons. The van der Waals surface area contributed by atoms with Crippen molar-refractivity contribution in [3.05, 3.63) is 30.6 Å². The minimum atomic E-state index is 0.561. The Hall–Kier alpha value is -1.25. The van der Waals surface area contributed by atoms with Gasteiger partial charge in [-0.25, -0.2) is 4.98 Å². The predicted octanol–water partition coefficient (Wildman–Crippen LogP) is 0.128. The lowest BCUT2D eigenvalue weighted by atomic mass is 10.1. The number of fused-ring (bicyclic) bond motifs is 1. The van der Waals surface area contributed by atoms with Gasteiger partial charge in [-0.15, -0.1) is 0 Å². The molecule has 0 unspecified atom stereocenters. The topological polar surface area (TPSA) is 17.3 Å². The molecule has 2 nitrogen and oxygen atoms in total. The third kappa shape index (κ3) is 0.710. The van der Waals surface area contributed by atoms with E-state index < -0.39 is 0 Å². The number of rotatable bonds is 0. The normalized spacial score (nSPS) is 10.4. The number of imidazole rings is 1. The van der Waals surface area contributed by atoms with E-state index in [0.717, 1.165) is 5.65 Å². The summed E-state index contributed by atoms with van der Waals surface area (Å²) in [7, 11) is 5.46. The van der Waals surface area contributed by atoms with Crippen LogP contribution in [0.3, 0.4) is 0 Å². The third-order valence-corrected chi connectivity index (χ3v) is 1.38. The van der Waals surface area contributed by atoms with Crippen molar-refractivity contribution in [2.45, 2.75) is 0 Å². The minimum Gasteiger partial charge on any atom is -0.308 e. The first kappa shape index (κ1) is 5.53. The molecule has 0 bridgehead atoms. The average Bonchev–Trinajstić information content (AvgIpc) is 2.27. The highest BCUT2D eigenvalue weighted by Crippen LogP contribution is 1.95. The van der Waals surface area contributed by atoms with Crippen molar-refractivity contribution in [3.8, 4) is 0 Å². The Morgan fingerprint density at radius 1 is 1.40 bits per heavy atom. The van der Waals surface area contributed by atoms with Crippen LogP contribution in [0, 0.1) is 0 Å². The summed E-state index contributed by atoms with van der Waals surface area (Å²) in [6.45, 7) is 0. The molecular weight excluding hydrogens is 123 g/mol. The molecule has 3 heteroatoms. The van der Waals surface area contributed by atoms with E-state index >= 15 is 0 Å². The largest absolute Gasteiger partial charge is 0.308 e. The number of hydrogen-bond acceptors (Lipinski definition) is 1. The van der Waals surface area contributed by atoms with E-state index in [-0.39, 0.29) is 0 Å². The molecule has 0 aliphatic rings. The molecule has 0 aliphatic carbocycles. The third-order valence-electron chi connectivity index (χ3n) is 1.38. The van der Waals surface area contributed by atoms with Crippen LogP contribution in [-0.4, -0.2) is 17.2 Å². The molecule has 0 amide bonds. The zero-order chi connectivity index (χ0) is 6.97. The Morgan fingerprint density at radius 3 is 3.10 bits per heavy atom. The van der Waals surface area contributed by atoms with Gasteiger partial charge in [-0.2, -0.15) is 0 Å². The highest BCUT2D eigenvalue weighted by molar-refractivity contribution is 6.30. The fourth-order valence-electron chi connectivity index (χ4n) is 0.954. The predicted molar refractivity (Wildman–Crippen MR) is 40.6 cm³/mol. The van der Waals surface area contributed by atoms with Crippen molar-refractivity contribution in [2.75, 3.05) is 0 Å². The monoisotopic (exact) mass is 128 g/mol. The molecule has 0 spiro atoms. The number of pyridine rings is 1. The SMILES string of the molecule is [B]c1cn2ccccc2n1. The van der Waals surface area contributed by atoms with Gasteiger partial charge in [0.1, 0.15) is 13.5 Å². The minimum absolute atomic E-state index is 0.561. The van der Waals surface area contributed by atoms with Crippen molar-refractivity contribution in [3.63, 3.8) is 0 Å². The Bertz CT molecular complexity index is 320. The summed E-state index contributed by atoms with van der Waals surface area (Å²) in [5.41, 5.74) is 1.45. The van der Waals surface area contributed by atoms with Crippen molar-refractivity contribution in [1.82, 2.24) is 9.38 Å². The molecule has 10 heavy (non-hydrogen) atoms. The van der Waals surface area contributed by atoms with Crippen LogP contribution >= 0.6 is 0 Å². The summed E-state index contributed by atoms with van der Waals surface area (Å²) >= 11 is 0. The maximum Gasteiger partial charge on any atom is 0.143 e. The van der Waals surface area contributed by atoms with Crippen molar-refractivity contribution in [1.29, 1.82) is 0 Å². The molecule has 2 rings (SSSR count). The first-order valence-corrected chi connectivity index (χ1v) is 3.05. The van der Waals surface area contributed by atoms with E-state index in [1.165, 1.54) is 0 Å². The molecule has 2 radical (unpaired) electrons. The van der Waals surface area contributed by atoms with Gasteiger partial charge < -0.3 is 4.40 Å². The van der Waals surface area contributed by atoms with Crippen molar-refractivity contribution >= 4 is 19.1 Å². The van der Waals surface area contributed by atoms with Crippen LogP contribution in [0.1, 0.15) is 0 Å². The van der Waals surface area contributed by atoms with Gasteiger partial charge in [0.05, 0.1) is 0 Å². The molecule has 2 aromatic heterocycles. The molecule has 2 heterocycles. The van der Waals surface area contributed by atoms with Gasteiger partial charge >= 0.3 is 0 Å². The van der Waals surface area contributed by atoms with E-state index in [1.54, 1.807) is 6.20 Å². The number of nitrogens with zero attached hydrogens (tertiary/aromatic N) is 2. The van der Waals surface area contributed by atoms with E-state index in [9.17, 15) is 0 Å². The van der Waals surface area contributed by atoms with Gasteiger partial charge in [-0.05, 0) is 12.1 Å². The molecule has 0 fully saturated rings. The zero-order valence-electron chi connectivity index (χ0n) is 5.36.